The SMILES string of the molecule is CC(CN)CNC(=O)c1ccccc1-n1cnnn1.Cl. The van der Waals surface area contributed by atoms with E-state index in [1.807, 2.05) is 13.0 Å². The maximum atomic E-state index is 12.1. The van der Waals surface area contributed by atoms with Crippen molar-refractivity contribution in [1.82, 2.24) is 25.5 Å². The molecular weight excluding hydrogens is 280 g/mol. The first-order valence-corrected chi connectivity index (χ1v) is 6.03. The number of nitrogens with two attached hydrogens (primary N) is 1. The van der Waals surface area contributed by atoms with Gasteiger partial charge in [-0.25, -0.2) is 0 Å². The van der Waals surface area contributed by atoms with Crippen LogP contribution >= 0.6 is 12.4 Å². The predicted molar refractivity (Wildman–Crippen MR) is 77.0 cm³/mol. The minimum atomic E-state index is -0.161. The van der Waals surface area contributed by atoms with Crippen LogP contribution in [0.5, 0.6) is 0 Å². The lowest BCUT2D eigenvalue weighted by Gasteiger charge is -2.12. The van der Waals surface area contributed by atoms with Crippen LogP contribution in [0, 0.1) is 5.92 Å². The summed E-state index contributed by atoms with van der Waals surface area (Å²) in [4.78, 5) is 12.1. The molecule has 0 saturated heterocycles. The average Bonchev–Trinajstić information content (AvgIpc) is 2.98. The second-order valence-electron chi connectivity index (χ2n) is 4.32. The van der Waals surface area contributed by atoms with Crippen molar-refractivity contribution in [2.45, 2.75) is 6.92 Å². The highest BCUT2D eigenvalue weighted by atomic mass is 35.5. The maximum absolute atomic E-state index is 12.1. The number of hydrogen-bond acceptors (Lipinski definition) is 5. The highest BCUT2D eigenvalue weighted by Crippen LogP contribution is 2.12. The number of aromatic nitrogens is 4. The molecule has 108 valence electrons. The number of benzene rings is 1. The van der Waals surface area contributed by atoms with E-state index in [0.717, 1.165) is 0 Å². The van der Waals surface area contributed by atoms with Gasteiger partial charge >= 0.3 is 0 Å². The molecule has 2 aromatic rings. The van der Waals surface area contributed by atoms with Gasteiger partial charge < -0.3 is 11.1 Å². The fourth-order valence-corrected chi connectivity index (χ4v) is 1.58. The number of carbonyl (C=O) groups excluding carboxylic acids is 1. The van der Waals surface area contributed by atoms with Crippen LogP contribution in [-0.4, -0.2) is 39.2 Å². The van der Waals surface area contributed by atoms with Gasteiger partial charge in [0.15, 0.2) is 0 Å². The monoisotopic (exact) mass is 296 g/mol. The lowest BCUT2D eigenvalue weighted by molar-refractivity contribution is 0.0948. The van der Waals surface area contributed by atoms with E-state index in [1.54, 1.807) is 18.2 Å². The molecule has 0 spiro atoms. The zero-order chi connectivity index (χ0) is 13.7. The number of carbonyl (C=O) groups is 1. The molecule has 8 heteroatoms. The van der Waals surface area contributed by atoms with Gasteiger partial charge in [-0.1, -0.05) is 19.1 Å². The van der Waals surface area contributed by atoms with Crippen molar-refractivity contribution in [3.05, 3.63) is 36.2 Å². The topological polar surface area (TPSA) is 98.7 Å². The summed E-state index contributed by atoms with van der Waals surface area (Å²) in [7, 11) is 0. The van der Waals surface area contributed by atoms with Crippen molar-refractivity contribution in [3.8, 4) is 5.69 Å². The quantitative estimate of drug-likeness (QED) is 0.832. The summed E-state index contributed by atoms with van der Waals surface area (Å²) >= 11 is 0. The summed E-state index contributed by atoms with van der Waals surface area (Å²) in [5, 5.41) is 13.8. The third-order valence-electron chi connectivity index (χ3n) is 2.76. The zero-order valence-corrected chi connectivity index (χ0v) is 11.9. The van der Waals surface area contributed by atoms with E-state index in [1.165, 1.54) is 11.0 Å². The van der Waals surface area contributed by atoms with E-state index in [2.05, 4.69) is 20.8 Å². The Morgan fingerprint density at radius 1 is 1.45 bits per heavy atom. The van der Waals surface area contributed by atoms with Gasteiger partial charge in [0.05, 0.1) is 11.3 Å². The molecule has 1 atom stereocenters. The summed E-state index contributed by atoms with van der Waals surface area (Å²) in [6.45, 7) is 3.06. The number of tetrazole rings is 1. The van der Waals surface area contributed by atoms with E-state index in [4.69, 9.17) is 5.73 Å². The molecule has 0 saturated carbocycles. The minimum absolute atomic E-state index is 0. The number of amides is 1. The first-order valence-electron chi connectivity index (χ1n) is 6.03. The van der Waals surface area contributed by atoms with Gasteiger partial charge in [-0.3, -0.25) is 4.79 Å². The maximum Gasteiger partial charge on any atom is 0.253 e. The van der Waals surface area contributed by atoms with Gasteiger partial charge in [-0.05, 0) is 35.0 Å². The Morgan fingerprint density at radius 2 is 2.20 bits per heavy atom. The number of nitrogens with one attached hydrogen (secondary N) is 1. The lowest BCUT2D eigenvalue weighted by atomic mass is 10.1. The van der Waals surface area contributed by atoms with Crippen LogP contribution in [0.3, 0.4) is 0 Å². The number of nitrogens with zero attached hydrogens (tertiary/aromatic N) is 4. The molecule has 2 rings (SSSR count). The Hall–Kier alpha value is -1.99. The van der Waals surface area contributed by atoms with Gasteiger partial charge in [-0.2, -0.15) is 4.68 Å². The lowest BCUT2D eigenvalue weighted by Crippen LogP contribution is -2.31. The Bertz CT molecular complexity index is 545. The van der Waals surface area contributed by atoms with Crippen molar-refractivity contribution >= 4 is 18.3 Å². The molecule has 1 aromatic heterocycles. The van der Waals surface area contributed by atoms with Gasteiger partial charge in [0.25, 0.3) is 5.91 Å². The van der Waals surface area contributed by atoms with E-state index in [-0.39, 0.29) is 24.2 Å². The van der Waals surface area contributed by atoms with Gasteiger partial charge in [0, 0.05) is 6.54 Å². The standard InChI is InChI=1S/C12H16N6O.ClH/c1-9(6-13)7-14-12(19)10-4-2-3-5-11(10)18-8-15-16-17-18;/h2-5,8-9H,6-7,13H2,1H3,(H,14,19);1H. The van der Waals surface area contributed by atoms with Crippen LogP contribution in [0.15, 0.2) is 30.6 Å². The molecule has 0 aliphatic carbocycles. The van der Waals surface area contributed by atoms with Crippen molar-refractivity contribution in [2.75, 3.05) is 13.1 Å². The molecular formula is C12H17ClN6O. The molecule has 0 aliphatic heterocycles. The normalized spacial score (nSPS) is 11.5. The molecule has 1 amide bonds. The third-order valence-corrected chi connectivity index (χ3v) is 2.76. The van der Waals surface area contributed by atoms with Crippen LogP contribution in [0.25, 0.3) is 5.69 Å². The fourth-order valence-electron chi connectivity index (χ4n) is 1.58. The number of halogens is 1. The first-order chi connectivity index (χ1) is 9.22. The van der Waals surface area contributed by atoms with Crippen LogP contribution in [0.2, 0.25) is 0 Å². The van der Waals surface area contributed by atoms with Crippen molar-refractivity contribution in [2.24, 2.45) is 11.7 Å². The summed E-state index contributed by atoms with van der Waals surface area (Å²) in [6.07, 6.45) is 1.45. The van der Waals surface area contributed by atoms with Gasteiger partial charge in [0.2, 0.25) is 0 Å². The average molecular weight is 297 g/mol. The van der Waals surface area contributed by atoms with Crippen LogP contribution in [0.4, 0.5) is 0 Å². The van der Waals surface area contributed by atoms with Crippen molar-refractivity contribution in [1.29, 1.82) is 0 Å². The molecule has 7 nitrogen and oxygen atoms in total. The molecule has 3 N–H and O–H groups in total. The van der Waals surface area contributed by atoms with E-state index in [0.29, 0.717) is 24.3 Å². The van der Waals surface area contributed by atoms with Crippen molar-refractivity contribution in [3.63, 3.8) is 0 Å². The highest BCUT2D eigenvalue weighted by molar-refractivity contribution is 5.97. The summed E-state index contributed by atoms with van der Waals surface area (Å²) in [5.74, 6) is 0.0792. The zero-order valence-electron chi connectivity index (χ0n) is 11.1. The minimum Gasteiger partial charge on any atom is -0.352 e. The van der Waals surface area contributed by atoms with Gasteiger partial charge in [-0.15, -0.1) is 17.5 Å². The van der Waals surface area contributed by atoms with Gasteiger partial charge in [0.1, 0.15) is 6.33 Å². The van der Waals surface area contributed by atoms with Crippen molar-refractivity contribution < 1.29 is 4.79 Å². The molecule has 20 heavy (non-hydrogen) atoms. The molecule has 1 unspecified atom stereocenters. The van der Waals surface area contributed by atoms with Crippen LogP contribution in [-0.2, 0) is 0 Å². The number of para-hydroxylation sites is 1. The number of hydrogen-bond donors (Lipinski definition) is 2. The molecule has 1 aromatic carbocycles. The van der Waals surface area contributed by atoms with E-state index < -0.39 is 0 Å². The predicted octanol–water partition coefficient (Wildman–Crippen LogP) is 0.409. The smallest absolute Gasteiger partial charge is 0.253 e. The molecule has 1 heterocycles. The highest BCUT2D eigenvalue weighted by Gasteiger charge is 2.13. The van der Waals surface area contributed by atoms with Crippen LogP contribution in [0.1, 0.15) is 17.3 Å². The molecule has 0 bridgehead atoms. The largest absolute Gasteiger partial charge is 0.352 e. The Morgan fingerprint density at radius 3 is 2.85 bits per heavy atom. The second-order valence-corrected chi connectivity index (χ2v) is 4.32. The fraction of sp³-hybridized carbons (Fsp3) is 0.333. The first kappa shape index (κ1) is 16.1. The molecule has 0 aliphatic rings. The van der Waals surface area contributed by atoms with Crippen LogP contribution < -0.4 is 11.1 Å². The Kier molecular flexibility index (Phi) is 6.08. The Balaban J connectivity index is 0.00000200. The second kappa shape index (κ2) is 7.56. The molecule has 0 radical (unpaired) electrons. The summed E-state index contributed by atoms with van der Waals surface area (Å²) in [6, 6.07) is 7.16. The number of rotatable bonds is 5. The van der Waals surface area contributed by atoms with E-state index in [9.17, 15) is 4.79 Å². The summed E-state index contributed by atoms with van der Waals surface area (Å²) < 4.78 is 1.46. The Labute approximate surface area is 123 Å². The third kappa shape index (κ3) is 3.75. The molecule has 0 fully saturated rings. The van der Waals surface area contributed by atoms with E-state index >= 15 is 0 Å². The summed E-state index contributed by atoms with van der Waals surface area (Å²) in [5.41, 5.74) is 6.69.